The quantitative estimate of drug-likeness (QED) is 0.679. The van der Waals surface area contributed by atoms with Crippen molar-refractivity contribution < 1.29 is 14.3 Å². The molecule has 0 aliphatic heterocycles. The Balaban J connectivity index is 1.82. The van der Waals surface area contributed by atoms with Gasteiger partial charge in [0, 0.05) is 13.2 Å². The van der Waals surface area contributed by atoms with Crippen LogP contribution in [0.4, 0.5) is 5.69 Å². The molecule has 2 heterocycles. The minimum absolute atomic E-state index is 0.261. The Morgan fingerprint density at radius 1 is 1.15 bits per heavy atom. The van der Waals surface area contributed by atoms with Crippen molar-refractivity contribution in [3.8, 4) is 17.4 Å². The van der Waals surface area contributed by atoms with Crippen molar-refractivity contribution in [1.29, 1.82) is 0 Å². The number of rotatable bonds is 5. The summed E-state index contributed by atoms with van der Waals surface area (Å²) in [7, 11) is 3.24. The Hall–Kier alpha value is -2.70. The van der Waals surface area contributed by atoms with Crippen LogP contribution in [0.5, 0.6) is 17.4 Å². The highest BCUT2D eigenvalue weighted by atomic mass is 35.5. The maximum atomic E-state index is 12.5. The molecule has 1 N–H and O–H groups in total. The number of hydrogen-bond acceptors (Lipinski definition) is 4. The van der Waals surface area contributed by atoms with Gasteiger partial charge in [-0.15, -0.1) is 0 Å². The first-order valence-corrected chi connectivity index (χ1v) is 8.34. The zero-order chi connectivity index (χ0) is 18.7. The number of ether oxygens (including phenoxy) is 2. The molecule has 8 heteroatoms. The van der Waals surface area contributed by atoms with Gasteiger partial charge in [0.05, 0.1) is 12.1 Å². The number of hydrogen-bond donors (Lipinski definition) is 1. The molecule has 134 valence electrons. The van der Waals surface area contributed by atoms with Crippen LogP contribution in [0.15, 0.2) is 48.7 Å². The lowest BCUT2D eigenvalue weighted by Crippen LogP contribution is -2.16. The lowest BCUT2D eigenvalue weighted by molar-refractivity contribution is 0.101. The summed E-state index contributed by atoms with van der Waals surface area (Å²) in [5, 5.41) is 3.36. The number of halogens is 2. The van der Waals surface area contributed by atoms with Crippen molar-refractivity contribution in [1.82, 2.24) is 9.55 Å². The maximum Gasteiger partial charge on any atom is 0.272 e. The van der Waals surface area contributed by atoms with E-state index in [0.29, 0.717) is 27.9 Å². The molecule has 1 amide bonds. The van der Waals surface area contributed by atoms with Crippen LogP contribution in [-0.4, -0.2) is 22.6 Å². The maximum absolute atomic E-state index is 12.5. The lowest BCUT2D eigenvalue weighted by atomic mass is 10.3. The lowest BCUT2D eigenvalue weighted by Gasteiger charge is -2.11. The average Bonchev–Trinajstić information content (AvgIpc) is 2.91. The summed E-state index contributed by atoms with van der Waals surface area (Å²) in [6, 6.07) is 11.9. The fourth-order valence-electron chi connectivity index (χ4n) is 2.27. The third kappa shape index (κ3) is 3.76. The summed E-state index contributed by atoms with van der Waals surface area (Å²) in [5.74, 6) is 1.15. The standard InChI is InChI=1S/C18H15Cl2N3O3/c1-23-15(10-13(19)16(23)20)17(24)22-14-4-3-9-21-18(14)26-12-7-5-11(25-2)6-8-12/h3-10H,1-2H3,(H,22,24). The van der Waals surface area contributed by atoms with Crippen LogP contribution in [0.2, 0.25) is 10.2 Å². The van der Waals surface area contributed by atoms with Gasteiger partial charge < -0.3 is 19.4 Å². The van der Waals surface area contributed by atoms with Crippen LogP contribution >= 0.6 is 23.2 Å². The first-order chi connectivity index (χ1) is 12.5. The number of nitrogens with zero attached hydrogens (tertiary/aromatic N) is 2. The number of carbonyl (C=O) groups excluding carboxylic acids is 1. The van der Waals surface area contributed by atoms with Crippen molar-refractivity contribution in [3.63, 3.8) is 0 Å². The fourth-order valence-corrected chi connectivity index (χ4v) is 2.64. The Labute approximate surface area is 160 Å². The Morgan fingerprint density at radius 2 is 1.85 bits per heavy atom. The molecular formula is C18H15Cl2N3O3. The number of pyridine rings is 1. The van der Waals surface area contributed by atoms with E-state index < -0.39 is 0 Å². The molecule has 2 aromatic heterocycles. The molecule has 0 fully saturated rings. The van der Waals surface area contributed by atoms with Gasteiger partial charge in [0.15, 0.2) is 0 Å². The molecule has 6 nitrogen and oxygen atoms in total. The Morgan fingerprint density at radius 3 is 2.46 bits per heavy atom. The second-order valence-electron chi connectivity index (χ2n) is 5.32. The Kier molecular flexibility index (Phi) is 5.35. The molecule has 0 atom stereocenters. The van der Waals surface area contributed by atoms with Gasteiger partial charge in [-0.25, -0.2) is 4.98 Å². The summed E-state index contributed by atoms with van der Waals surface area (Å²) >= 11 is 12.0. The molecule has 3 aromatic rings. The van der Waals surface area contributed by atoms with Crippen LogP contribution in [0.1, 0.15) is 10.5 Å². The number of methoxy groups -OCH3 is 1. The van der Waals surface area contributed by atoms with E-state index in [-0.39, 0.29) is 16.9 Å². The van der Waals surface area contributed by atoms with Gasteiger partial charge in [0.25, 0.3) is 5.91 Å². The molecule has 0 radical (unpaired) electrons. The summed E-state index contributed by atoms with van der Waals surface area (Å²) < 4.78 is 12.4. The number of nitrogens with one attached hydrogen (secondary N) is 1. The van der Waals surface area contributed by atoms with E-state index in [4.69, 9.17) is 32.7 Å². The normalized spacial score (nSPS) is 10.5. The zero-order valence-corrected chi connectivity index (χ0v) is 15.5. The average molecular weight is 392 g/mol. The van der Waals surface area contributed by atoms with E-state index in [1.807, 2.05) is 0 Å². The highest BCUT2D eigenvalue weighted by Crippen LogP contribution is 2.30. The van der Waals surface area contributed by atoms with Gasteiger partial charge in [0.2, 0.25) is 5.88 Å². The summed E-state index contributed by atoms with van der Waals surface area (Å²) in [5.41, 5.74) is 0.737. The van der Waals surface area contributed by atoms with E-state index >= 15 is 0 Å². The van der Waals surface area contributed by atoms with E-state index in [9.17, 15) is 4.79 Å². The number of carbonyl (C=O) groups is 1. The highest BCUT2D eigenvalue weighted by Gasteiger charge is 2.18. The molecule has 0 unspecified atom stereocenters. The van der Waals surface area contributed by atoms with Gasteiger partial charge in [-0.05, 0) is 42.5 Å². The smallest absolute Gasteiger partial charge is 0.272 e. The van der Waals surface area contributed by atoms with Crippen molar-refractivity contribution in [2.24, 2.45) is 7.05 Å². The molecule has 0 bridgehead atoms. The molecule has 0 saturated heterocycles. The van der Waals surface area contributed by atoms with E-state index in [1.165, 1.54) is 10.6 Å². The largest absolute Gasteiger partial charge is 0.497 e. The fraction of sp³-hybridized carbons (Fsp3) is 0.111. The zero-order valence-electron chi connectivity index (χ0n) is 14.0. The van der Waals surface area contributed by atoms with Gasteiger partial charge in [-0.1, -0.05) is 23.2 Å². The highest BCUT2D eigenvalue weighted by molar-refractivity contribution is 6.42. The molecule has 0 saturated carbocycles. The van der Waals surface area contributed by atoms with Crippen molar-refractivity contribution in [2.75, 3.05) is 12.4 Å². The third-order valence-corrected chi connectivity index (χ3v) is 4.48. The number of aromatic nitrogens is 2. The van der Waals surface area contributed by atoms with E-state index in [0.717, 1.165) is 0 Å². The summed E-state index contributed by atoms with van der Waals surface area (Å²) in [6.07, 6.45) is 1.57. The second kappa shape index (κ2) is 7.68. The van der Waals surface area contributed by atoms with Crippen LogP contribution in [0, 0.1) is 0 Å². The minimum Gasteiger partial charge on any atom is -0.497 e. The van der Waals surface area contributed by atoms with Crippen molar-refractivity contribution in [2.45, 2.75) is 0 Å². The minimum atomic E-state index is -0.381. The monoisotopic (exact) mass is 391 g/mol. The molecule has 3 rings (SSSR count). The van der Waals surface area contributed by atoms with E-state index in [2.05, 4.69) is 10.3 Å². The third-order valence-electron chi connectivity index (χ3n) is 3.64. The predicted octanol–water partition coefficient (Wildman–Crippen LogP) is 4.78. The number of benzene rings is 1. The summed E-state index contributed by atoms with van der Waals surface area (Å²) in [6.45, 7) is 0. The van der Waals surface area contributed by atoms with Gasteiger partial charge in [-0.2, -0.15) is 0 Å². The van der Waals surface area contributed by atoms with Gasteiger partial charge >= 0.3 is 0 Å². The SMILES string of the molecule is COc1ccc(Oc2ncccc2NC(=O)c2cc(Cl)c(Cl)n2C)cc1. The van der Waals surface area contributed by atoms with E-state index in [1.54, 1.807) is 56.8 Å². The van der Waals surface area contributed by atoms with Crippen LogP contribution in [0.3, 0.4) is 0 Å². The van der Waals surface area contributed by atoms with Crippen LogP contribution < -0.4 is 14.8 Å². The first-order valence-electron chi connectivity index (χ1n) is 7.58. The molecule has 26 heavy (non-hydrogen) atoms. The number of amides is 1. The molecular weight excluding hydrogens is 377 g/mol. The topological polar surface area (TPSA) is 65.4 Å². The first kappa shape index (κ1) is 18.1. The van der Waals surface area contributed by atoms with Crippen molar-refractivity contribution in [3.05, 3.63) is 64.5 Å². The number of anilines is 1. The molecule has 0 aliphatic carbocycles. The van der Waals surface area contributed by atoms with Crippen molar-refractivity contribution >= 4 is 34.8 Å². The van der Waals surface area contributed by atoms with Crippen LogP contribution in [-0.2, 0) is 7.05 Å². The predicted molar refractivity (Wildman–Crippen MR) is 101 cm³/mol. The molecule has 1 aromatic carbocycles. The second-order valence-corrected chi connectivity index (χ2v) is 6.08. The van der Waals surface area contributed by atoms with Crippen LogP contribution in [0.25, 0.3) is 0 Å². The molecule has 0 spiro atoms. The van der Waals surface area contributed by atoms with Gasteiger partial charge in [0.1, 0.15) is 28.0 Å². The molecule has 0 aliphatic rings. The summed E-state index contributed by atoms with van der Waals surface area (Å²) in [4.78, 5) is 16.7. The van der Waals surface area contributed by atoms with Gasteiger partial charge in [-0.3, -0.25) is 4.79 Å². The Bertz CT molecular complexity index is 939.